The lowest BCUT2D eigenvalue weighted by Crippen LogP contribution is -2.12. The zero-order chi connectivity index (χ0) is 14.3. The lowest BCUT2D eigenvalue weighted by Gasteiger charge is -2.08. The molecule has 0 aliphatic rings. The Morgan fingerprint density at radius 3 is 2.58 bits per heavy atom. The van der Waals surface area contributed by atoms with E-state index in [9.17, 15) is 9.59 Å². The summed E-state index contributed by atoms with van der Waals surface area (Å²) in [6, 6.07) is 5.26. The van der Waals surface area contributed by atoms with Crippen LogP contribution in [0.3, 0.4) is 0 Å². The number of carbonyl (C=O) groups excluding carboxylic acids is 1. The van der Waals surface area contributed by atoms with Gasteiger partial charge in [0.25, 0.3) is 0 Å². The van der Waals surface area contributed by atoms with Crippen molar-refractivity contribution in [1.82, 2.24) is 0 Å². The molecule has 0 aliphatic carbocycles. The zero-order valence-electron chi connectivity index (χ0n) is 10.5. The Balaban J connectivity index is 2.32. The fraction of sp³-hybridized carbons (Fsp3) is 0.385. The molecule has 0 unspecified atom stereocenters. The van der Waals surface area contributed by atoms with Crippen molar-refractivity contribution in [3.05, 3.63) is 28.2 Å². The second-order valence-corrected chi connectivity index (χ2v) is 5.04. The fourth-order valence-corrected chi connectivity index (χ4v) is 2.21. The van der Waals surface area contributed by atoms with Gasteiger partial charge in [-0.3, -0.25) is 9.59 Å². The van der Waals surface area contributed by atoms with Gasteiger partial charge in [-0.15, -0.1) is 0 Å². The molecule has 0 aliphatic heterocycles. The number of anilines is 1. The first-order valence-corrected chi connectivity index (χ1v) is 6.85. The normalized spacial score (nSPS) is 10.2. The average molecular weight is 329 g/mol. The van der Waals surface area contributed by atoms with Gasteiger partial charge in [0.2, 0.25) is 5.91 Å². The molecule has 0 heterocycles. The second kappa shape index (κ2) is 7.78. The summed E-state index contributed by atoms with van der Waals surface area (Å²) in [7, 11) is 0. The SMILES string of the molecule is NC(=O)c1ccc(NCCCCCC(=O)O)cc1Br. The molecule has 0 bridgehead atoms. The third-order valence-corrected chi connectivity index (χ3v) is 3.29. The van der Waals surface area contributed by atoms with E-state index in [0.29, 0.717) is 16.5 Å². The highest BCUT2D eigenvalue weighted by Crippen LogP contribution is 2.21. The van der Waals surface area contributed by atoms with Gasteiger partial charge in [0.05, 0.1) is 5.56 Å². The Morgan fingerprint density at radius 1 is 1.26 bits per heavy atom. The first-order chi connectivity index (χ1) is 9.00. The minimum atomic E-state index is -0.751. The van der Waals surface area contributed by atoms with Crippen molar-refractivity contribution in [2.75, 3.05) is 11.9 Å². The molecule has 0 atom stereocenters. The number of nitrogens with two attached hydrogens (primary N) is 1. The number of carboxylic acid groups (broad SMARTS) is 1. The molecule has 4 N–H and O–H groups in total. The maximum absolute atomic E-state index is 11.0. The van der Waals surface area contributed by atoms with Crippen LogP contribution in [0.2, 0.25) is 0 Å². The average Bonchev–Trinajstić information content (AvgIpc) is 2.32. The molecule has 0 spiro atoms. The number of nitrogens with one attached hydrogen (secondary N) is 1. The minimum Gasteiger partial charge on any atom is -0.481 e. The molecule has 6 heteroatoms. The predicted octanol–water partition coefficient (Wildman–Crippen LogP) is 2.60. The van der Waals surface area contributed by atoms with Crippen molar-refractivity contribution in [2.24, 2.45) is 5.73 Å². The van der Waals surface area contributed by atoms with Gasteiger partial charge >= 0.3 is 5.97 Å². The van der Waals surface area contributed by atoms with E-state index in [1.54, 1.807) is 18.2 Å². The van der Waals surface area contributed by atoms with Crippen LogP contribution >= 0.6 is 15.9 Å². The Hall–Kier alpha value is -1.56. The second-order valence-electron chi connectivity index (χ2n) is 4.19. The van der Waals surface area contributed by atoms with Crippen LogP contribution in [-0.4, -0.2) is 23.5 Å². The molecule has 104 valence electrons. The molecule has 1 aromatic rings. The third-order valence-electron chi connectivity index (χ3n) is 2.63. The predicted molar refractivity (Wildman–Crippen MR) is 77.3 cm³/mol. The van der Waals surface area contributed by atoms with E-state index in [2.05, 4.69) is 21.2 Å². The number of aliphatic carboxylic acids is 1. The van der Waals surface area contributed by atoms with Crippen LogP contribution in [0.1, 0.15) is 36.0 Å². The summed E-state index contributed by atoms with van der Waals surface area (Å²) in [4.78, 5) is 21.4. The molecule has 0 saturated heterocycles. The Labute approximate surface area is 120 Å². The molecule has 5 nitrogen and oxygen atoms in total. The highest BCUT2D eigenvalue weighted by molar-refractivity contribution is 9.10. The van der Waals surface area contributed by atoms with E-state index in [1.165, 1.54) is 0 Å². The van der Waals surface area contributed by atoms with Crippen molar-refractivity contribution in [2.45, 2.75) is 25.7 Å². The summed E-state index contributed by atoms with van der Waals surface area (Å²) in [5, 5.41) is 11.7. The molecule has 19 heavy (non-hydrogen) atoms. The van der Waals surface area contributed by atoms with Gasteiger partial charge in [0.15, 0.2) is 0 Å². The fourth-order valence-electron chi connectivity index (χ4n) is 1.64. The maximum atomic E-state index is 11.0. The largest absolute Gasteiger partial charge is 0.481 e. The van der Waals surface area contributed by atoms with E-state index in [4.69, 9.17) is 10.8 Å². The van der Waals surface area contributed by atoms with Crippen LogP contribution < -0.4 is 11.1 Å². The number of benzene rings is 1. The number of carboxylic acids is 1. The molecule has 0 radical (unpaired) electrons. The van der Waals surface area contributed by atoms with Crippen LogP contribution in [0.4, 0.5) is 5.69 Å². The molecular weight excluding hydrogens is 312 g/mol. The number of primary amides is 1. The van der Waals surface area contributed by atoms with E-state index in [1.807, 2.05) is 0 Å². The highest BCUT2D eigenvalue weighted by atomic mass is 79.9. The maximum Gasteiger partial charge on any atom is 0.303 e. The number of rotatable bonds is 8. The number of unbranched alkanes of at least 4 members (excludes halogenated alkanes) is 2. The van der Waals surface area contributed by atoms with Crippen LogP contribution in [0.25, 0.3) is 0 Å². The molecule has 1 rings (SSSR count). The zero-order valence-corrected chi connectivity index (χ0v) is 12.1. The lowest BCUT2D eigenvalue weighted by atomic mass is 10.2. The van der Waals surface area contributed by atoms with E-state index < -0.39 is 11.9 Å². The topological polar surface area (TPSA) is 92.4 Å². The molecule has 1 aromatic carbocycles. The molecule has 1 amide bonds. The first-order valence-electron chi connectivity index (χ1n) is 6.05. The van der Waals surface area contributed by atoms with E-state index in [-0.39, 0.29) is 6.42 Å². The molecule has 0 fully saturated rings. The van der Waals surface area contributed by atoms with E-state index in [0.717, 1.165) is 25.1 Å². The van der Waals surface area contributed by atoms with Gasteiger partial charge < -0.3 is 16.2 Å². The van der Waals surface area contributed by atoms with Crippen LogP contribution in [0.15, 0.2) is 22.7 Å². The lowest BCUT2D eigenvalue weighted by molar-refractivity contribution is -0.137. The smallest absolute Gasteiger partial charge is 0.303 e. The quantitative estimate of drug-likeness (QED) is 0.639. The van der Waals surface area contributed by atoms with Crippen LogP contribution in [0, 0.1) is 0 Å². The van der Waals surface area contributed by atoms with Crippen molar-refractivity contribution in [1.29, 1.82) is 0 Å². The number of hydrogen-bond acceptors (Lipinski definition) is 3. The highest BCUT2D eigenvalue weighted by Gasteiger charge is 2.06. The van der Waals surface area contributed by atoms with Gasteiger partial charge in [0.1, 0.15) is 0 Å². The van der Waals surface area contributed by atoms with Crippen LogP contribution in [0.5, 0.6) is 0 Å². The summed E-state index contributed by atoms with van der Waals surface area (Å²) in [5.74, 6) is -1.22. The van der Waals surface area contributed by atoms with Gasteiger partial charge in [-0.05, 0) is 47.0 Å². The Morgan fingerprint density at radius 2 is 2.00 bits per heavy atom. The van der Waals surface area contributed by atoms with Crippen molar-refractivity contribution in [3.63, 3.8) is 0 Å². The standard InChI is InChI=1S/C13H17BrN2O3/c14-11-8-9(5-6-10(11)13(15)19)16-7-3-1-2-4-12(17)18/h5-6,8,16H,1-4,7H2,(H2,15,19)(H,17,18). The summed E-state index contributed by atoms with van der Waals surface area (Å²) in [6.45, 7) is 0.766. The minimum absolute atomic E-state index is 0.221. The van der Waals surface area contributed by atoms with Crippen LogP contribution in [-0.2, 0) is 4.79 Å². The number of halogens is 1. The number of hydrogen-bond donors (Lipinski definition) is 3. The molecule has 0 aromatic heterocycles. The summed E-state index contributed by atoms with van der Waals surface area (Å²) < 4.78 is 0.663. The van der Waals surface area contributed by atoms with Gasteiger partial charge in [-0.2, -0.15) is 0 Å². The Bertz CT molecular complexity index is 463. The monoisotopic (exact) mass is 328 g/mol. The van der Waals surface area contributed by atoms with E-state index >= 15 is 0 Å². The summed E-state index contributed by atoms with van der Waals surface area (Å²) >= 11 is 3.29. The summed E-state index contributed by atoms with van der Waals surface area (Å²) in [6.07, 6.45) is 2.70. The number of amides is 1. The van der Waals surface area contributed by atoms with Crippen molar-refractivity contribution in [3.8, 4) is 0 Å². The Kier molecular flexibility index (Phi) is 6.35. The molecular formula is C13H17BrN2O3. The number of carbonyl (C=O) groups is 2. The third kappa shape index (κ3) is 5.74. The first kappa shape index (κ1) is 15.5. The van der Waals surface area contributed by atoms with Gasteiger partial charge in [-0.25, -0.2) is 0 Å². The van der Waals surface area contributed by atoms with Crippen molar-refractivity contribution < 1.29 is 14.7 Å². The van der Waals surface area contributed by atoms with Gasteiger partial charge in [0, 0.05) is 23.1 Å². The van der Waals surface area contributed by atoms with Crippen molar-refractivity contribution >= 4 is 33.5 Å². The molecule has 0 saturated carbocycles. The van der Waals surface area contributed by atoms with Gasteiger partial charge in [-0.1, -0.05) is 6.42 Å². The summed E-state index contributed by atoms with van der Waals surface area (Å²) in [5.41, 5.74) is 6.56.